The molecule has 86 valence electrons. The van der Waals surface area contributed by atoms with Crippen LogP contribution in [-0.4, -0.2) is 18.8 Å². The van der Waals surface area contributed by atoms with Crippen molar-refractivity contribution in [2.24, 2.45) is 11.5 Å². The molecule has 1 aromatic carbocycles. The summed E-state index contributed by atoms with van der Waals surface area (Å²) < 4.78 is 4.97. The summed E-state index contributed by atoms with van der Waals surface area (Å²) in [6, 6.07) is 4.64. The Morgan fingerprint density at radius 2 is 2.25 bits per heavy atom. The smallest absolute Gasteiger partial charge is 0.163 e. The van der Waals surface area contributed by atoms with Crippen LogP contribution in [0.5, 0.6) is 11.5 Å². The van der Waals surface area contributed by atoms with Crippen molar-refractivity contribution in [3.63, 3.8) is 0 Å². The van der Waals surface area contributed by atoms with Crippen molar-refractivity contribution in [1.29, 1.82) is 5.26 Å². The van der Waals surface area contributed by atoms with E-state index in [2.05, 4.69) is 0 Å². The molecule has 0 aliphatic rings. The lowest BCUT2D eigenvalue weighted by Gasteiger charge is -2.16. The van der Waals surface area contributed by atoms with Crippen LogP contribution in [0.2, 0.25) is 0 Å². The zero-order chi connectivity index (χ0) is 12.1. The zero-order valence-electron chi connectivity index (χ0n) is 9.10. The summed E-state index contributed by atoms with van der Waals surface area (Å²) in [5.74, 6) is 0.226. The van der Waals surface area contributed by atoms with Gasteiger partial charge in [0.25, 0.3) is 0 Å². The average molecular weight is 221 g/mol. The third-order valence-electron chi connectivity index (χ3n) is 2.37. The van der Waals surface area contributed by atoms with E-state index in [1.54, 1.807) is 6.07 Å². The quantitative estimate of drug-likeness (QED) is 0.691. The predicted molar refractivity (Wildman–Crippen MR) is 60.0 cm³/mol. The molecule has 0 aliphatic heterocycles. The summed E-state index contributed by atoms with van der Waals surface area (Å²) in [6.07, 6.45) is 0.495. The summed E-state index contributed by atoms with van der Waals surface area (Å²) in [5.41, 5.74) is 12.0. The van der Waals surface area contributed by atoms with E-state index in [4.69, 9.17) is 21.5 Å². The molecule has 0 fully saturated rings. The highest BCUT2D eigenvalue weighted by molar-refractivity contribution is 5.55. The number of phenolic OH excluding ortho intramolecular Hbond substituents is 1. The molecule has 1 atom stereocenters. The summed E-state index contributed by atoms with van der Waals surface area (Å²) in [5, 5.41) is 18.8. The number of aromatic hydroxyl groups is 1. The van der Waals surface area contributed by atoms with Crippen molar-refractivity contribution in [3.05, 3.63) is 23.3 Å². The Morgan fingerprint density at radius 3 is 2.75 bits per heavy atom. The lowest BCUT2D eigenvalue weighted by Crippen LogP contribution is -2.16. The zero-order valence-corrected chi connectivity index (χ0v) is 9.10. The van der Waals surface area contributed by atoms with Gasteiger partial charge in [0.05, 0.1) is 18.7 Å². The number of rotatable bonds is 4. The highest BCUT2D eigenvalue weighted by atomic mass is 16.5. The lowest BCUT2D eigenvalue weighted by molar-refractivity contribution is 0.368. The number of hydrogen-bond donors (Lipinski definition) is 3. The second kappa shape index (κ2) is 5.35. The number of hydrogen-bond acceptors (Lipinski definition) is 5. The van der Waals surface area contributed by atoms with E-state index >= 15 is 0 Å². The maximum Gasteiger partial charge on any atom is 0.163 e. The van der Waals surface area contributed by atoms with E-state index in [0.717, 1.165) is 0 Å². The molecule has 16 heavy (non-hydrogen) atoms. The van der Waals surface area contributed by atoms with Gasteiger partial charge in [0, 0.05) is 11.6 Å². The van der Waals surface area contributed by atoms with Crippen molar-refractivity contribution in [3.8, 4) is 17.6 Å². The Labute approximate surface area is 94.2 Å². The molecule has 5 nitrogen and oxygen atoms in total. The van der Waals surface area contributed by atoms with E-state index in [-0.39, 0.29) is 5.75 Å². The van der Waals surface area contributed by atoms with E-state index in [1.807, 2.05) is 6.07 Å². The monoisotopic (exact) mass is 221 g/mol. The normalized spacial score (nSPS) is 11.9. The van der Waals surface area contributed by atoms with Crippen LogP contribution >= 0.6 is 0 Å². The molecule has 0 aromatic heterocycles. The maximum absolute atomic E-state index is 9.90. The first-order valence-electron chi connectivity index (χ1n) is 4.91. The topological polar surface area (TPSA) is 105 Å². The van der Waals surface area contributed by atoms with E-state index in [1.165, 1.54) is 13.2 Å². The number of ether oxygens (including phenoxy) is 1. The Morgan fingerprint density at radius 1 is 1.56 bits per heavy atom. The van der Waals surface area contributed by atoms with Gasteiger partial charge in [-0.3, -0.25) is 0 Å². The summed E-state index contributed by atoms with van der Waals surface area (Å²) >= 11 is 0. The third-order valence-corrected chi connectivity index (χ3v) is 2.37. The second-order valence-electron chi connectivity index (χ2n) is 3.37. The molecular weight excluding hydrogens is 206 g/mol. The molecule has 0 spiro atoms. The largest absolute Gasteiger partial charge is 0.504 e. The van der Waals surface area contributed by atoms with E-state index < -0.39 is 6.04 Å². The molecule has 0 heterocycles. The van der Waals surface area contributed by atoms with Gasteiger partial charge in [0.15, 0.2) is 11.5 Å². The summed E-state index contributed by atoms with van der Waals surface area (Å²) in [6.45, 7) is 0.392. The fraction of sp³-hybridized carbons (Fsp3) is 0.364. The first-order valence-corrected chi connectivity index (χ1v) is 4.91. The van der Waals surface area contributed by atoms with Crippen LogP contribution in [0, 0.1) is 11.3 Å². The van der Waals surface area contributed by atoms with Gasteiger partial charge < -0.3 is 21.3 Å². The molecule has 0 amide bonds. The number of nitrogens with two attached hydrogens (primary N) is 2. The first-order chi connectivity index (χ1) is 7.65. The predicted octanol–water partition coefficient (Wildman–Crippen LogP) is 0.621. The number of benzene rings is 1. The molecule has 0 saturated carbocycles. The van der Waals surface area contributed by atoms with Crippen molar-refractivity contribution in [2.45, 2.75) is 12.5 Å². The average Bonchev–Trinajstić information content (AvgIpc) is 2.28. The minimum atomic E-state index is -0.463. The molecule has 1 aromatic rings. The number of nitriles is 1. The first kappa shape index (κ1) is 12.3. The van der Waals surface area contributed by atoms with Crippen LogP contribution < -0.4 is 16.2 Å². The van der Waals surface area contributed by atoms with Crippen molar-refractivity contribution >= 4 is 0 Å². The van der Waals surface area contributed by atoms with Gasteiger partial charge in [0.2, 0.25) is 0 Å². The lowest BCUT2D eigenvalue weighted by atomic mass is 9.97. The molecule has 0 saturated heterocycles. The van der Waals surface area contributed by atoms with Gasteiger partial charge in [-0.05, 0) is 25.1 Å². The highest BCUT2D eigenvalue weighted by Crippen LogP contribution is 2.36. The van der Waals surface area contributed by atoms with Crippen LogP contribution in [0.3, 0.4) is 0 Å². The number of phenols is 1. The van der Waals surface area contributed by atoms with Gasteiger partial charge in [-0.1, -0.05) is 0 Å². The molecule has 0 unspecified atom stereocenters. The van der Waals surface area contributed by atoms with Gasteiger partial charge >= 0.3 is 0 Å². The standard InChI is InChI=1S/C11H15N3O2/c1-16-9-3-2-7(6-13)10(11(9)15)8(14)4-5-12/h2-3,8,15H,4-5,12,14H2,1H3/t8-/m1/s1. The Hall–Kier alpha value is -1.77. The van der Waals surface area contributed by atoms with E-state index in [0.29, 0.717) is 29.8 Å². The van der Waals surface area contributed by atoms with Crippen LogP contribution in [0.4, 0.5) is 0 Å². The maximum atomic E-state index is 9.90. The molecule has 0 bridgehead atoms. The Kier molecular flexibility index (Phi) is 4.11. The van der Waals surface area contributed by atoms with Crippen molar-refractivity contribution in [2.75, 3.05) is 13.7 Å². The number of nitrogens with zero attached hydrogens (tertiary/aromatic N) is 1. The van der Waals surface area contributed by atoms with Crippen LogP contribution in [-0.2, 0) is 0 Å². The molecular formula is C11H15N3O2. The Bertz CT molecular complexity index is 412. The second-order valence-corrected chi connectivity index (χ2v) is 3.37. The number of methoxy groups -OCH3 is 1. The van der Waals surface area contributed by atoms with Gasteiger partial charge in [-0.15, -0.1) is 0 Å². The van der Waals surface area contributed by atoms with Gasteiger partial charge in [-0.25, -0.2) is 0 Å². The van der Waals surface area contributed by atoms with E-state index in [9.17, 15) is 5.11 Å². The fourth-order valence-corrected chi connectivity index (χ4v) is 1.55. The summed E-state index contributed by atoms with van der Waals surface area (Å²) in [7, 11) is 1.44. The molecule has 1 rings (SSSR count). The van der Waals surface area contributed by atoms with Crippen molar-refractivity contribution in [1.82, 2.24) is 0 Å². The highest BCUT2D eigenvalue weighted by Gasteiger charge is 2.18. The minimum Gasteiger partial charge on any atom is -0.504 e. The van der Waals surface area contributed by atoms with Crippen LogP contribution in [0.25, 0.3) is 0 Å². The molecule has 0 radical (unpaired) electrons. The molecule has 0 aliphatic carbocycles. The summed E-state index contributed by atoms with van der Waals surface area (Å²) in [4.78, 5) is 0. The SMILES string of the molecule is COc1ccc(C#N)c([C@H](N)CCN)c1O. The Balaban J connectivity index is 3.27. The van der Waals surface area contributed by atoms with Gasteiger partial charge in [0.1, 0.15) is 0 Å². The van der Waals surface area contributed by atoms with Crippen molar-refractivity contribution < 1.29 is 9.84 Å². The minimum absolute atomic E-state index is 0.0810. The van der Waals surface area contributed by atoms with Crippen LogP contribution in [0.15, 0.2) is 12.1 Å². The molecule has 5 heteroatoms. The fourth-order valence-electron chi connectivity index (χ4n) is 1.55. The van der Waals surface area contributed by atoms with Gasteiger partial charge in [-0.2, -0.15) is 5.26 Å². The third kappa shape index (κ3) is 2.24. The molecule has 5 N–H and O–H groups in total. The van der Waals surface area contributed by atoms with Crippen LogP contribution in [0.1, 0.15) is 23.6 Å².